The summed E-state index contributed by atoms with van der Waals surface area (Å²) in [5.41, 5.74) is 0.0322. The predicted molar refractivity (Wildman–Crippen MR) is 83.7 cm³/mol. The molecule has 1 aromatic rings. The van der Waals surface area contributed by atoms with Crippen LogP contribution in [0, 0.1) is 0 Å². The molecule has 1 saturated heterocycles. The van der Waals surface area contributed by atoms with E-state index < -0.39 is 5.92 Å². The van der Waals surface area contributed by atoms with Crippen LogP contribution in [0.2, 0.25) is 0 Å². The third-order valence-electron chi connectivity index (χ3n) is 4.00. The van der Waals surface area contributed by atoms with Crippen LogP contribution in [0.4, 0.5) is 8.78 Å². The van der Waals surface area contributed by atoms with E-state index in [0.29, 0.717) is 13.0 Å². The molecule has 0 radical (unpaired) electrons. The zero-order valence-electron chi connectivity index (χ0n) is 13.0. The van der Waals surface area contributed by atoms with Gasteiger partial charge in [-0.2, -0.15) is 0 Å². The number of carbonyl (C=O) groups excluding carboxylic acids is 1. The Morgan fingerprint density at radius 2 is 2.05 bits per heavy atom. The number of benzene rings is 1. The zero-order valence-corrected chi connectivity index (χ0v) is 13.0. The number of rotatable bonds is 6. The normalized spacial score (nSPS) is 19.9. The lowest BCUT2D eigenvalue weighted by atomic mass is 9.99. The Morgan fingerprint density at radius 3 is 2.73 bits per heavy atom. The molecular formula is C18H23F2NO. The van der Waals surface area contributed by atoms with E-state index in [1.54, 1.807) is 24.3 Å². The van der Waals surface area contributed by atoms with Crippen molar-refractivity contribution >= 4 is 5.91 Å². The number of alkyl halides is 2. The molecule has 2 nitrogen and oxygen atoms in total. The van der Waals surface area contributed by atoms with Gasteiger partial charge < -0.3 is 4.90 Å². The number of carbonyl (C=O) groups is 1. The van der Waals surface area contributed by atoms with Crippen LogP contribution >= 0.6 is 0 Å². The van der Waals surface area contributed by atoms with E-state index in [1.165, 1.54) is 18.2 Å². The first-order valence-corrected chi connectivity index (χ1v) is 7.94. The molecule has 0 aliphatic carbocycles. The predicted octanol–water partition coefficient (Wildman–Crippen LogP) is 4.52. The lowest BCUT2D eigenvalue weighted by Gasteiger charge is -2.33. The molecule has 22 heavy (non-hydrogen) atoms. The lowest BCUT2D eigenvalue weighted by molar-refractivity contribution is -0.135. The van der Waals surface area contributed by atoms with E-state index in [9.17, 15) is 13.6 Å². The van der Waals surface area contributed by atoms with E-state index in [2.05, 4.69) is 0 Å². The number of halogens is 2. The SMILES string of the molecule is CCCN1C(=O)CCCC1/C=C/CC(F)(F)c1ccccc1. The van der Waals surface area contributed by atoms with Crippen LogP contribution in [0.15, 0.2) is 42.5 Å². The summed E-state index contributed by atoms with van der Waals surface area (Å²) in [6, 6.07) is 7.83. The molecule has 2 rings (SSSR count). The van der Waals surface area contributed by atoms with Crippen molar-refractivity contribution in [3.63, 3.8) is 0 Å². The Bertz CT molecular complexity index is 513. The highest BCUT2D eigenvalue weighted by atomic mass is 19.3. The second-order valence-corrected chi connectivity index (χ2v) is 5.75. The van der Waals surface area contributed by atoms with Gasteiger partial charge in [-0.1, -0.05) is 49.4 Å². The minimum atomic E-state index is -2.87. The van der Waals surface area contributed by atoms with Gasteiger partial charge in [0, 0.05) is 31.0 Å². The number of hydrogen-bond donors (Lipinski definition) is 0. The van der Waals surface area contributed by atoms with Crippen LogP contribution in [0.3, 0.4) is 0 Å². The first-order valence-electron chi connectivity index (χ1n) is 7.94. The molecule has 0 spiro atoms. The highest BCUT2D eigenvalue weighted by molar-refractivity contribution is 5.77. The summed E-state index contributed by atoms with van der Waals surface area (Å²) in [5.74, 6) is -2.73. The minimum Gasteiger partial charge on any atom is -0.336 e. The fraction of sp³-hybridized carbons (Fsp3) is 0.500. The van der Waals surface area contributed by atoms with Crippen molar-refractivity contribution < 1.29 is 13.6 Å². The molecule has 1 aromatic carbocycles. The van der Waals surface area contributed by atoms with Crippen molar-refractivity contribution in [2.24, 2.45) is 0 Å². The van der Waals surface area contributed by atoms with E-state index in [4.69, 9.17) is 0 Å². The monoisotopic (exact) mass is 307 g/mol. The van der Waals surface area contributed by atoms with E-state index in [1.807, 2.05) is 11.8 Å². The van der Waals surface area contributed by atoms with E-state index in [0.717, 1.165) is 19.3 Å². The molecule has 1 fully saturated rings. The van der Waals surface area contributed by atoms with Crippen LogP contribution in [0.25, 0.3) is 0 Å². The van der Waals surface area contributed by atoms with E-state index >= 15 is 0 Å². The molecule has 1 atom stereocenters. The van der Waals surface area contributed by atoms with Crippen molar-refractivity contribution in [3.8, 4) is 0 Å². The molecule has 120 valence electrons. The summed E-state index contributed by atoms with van der Waals surface area (Å²) in [4.78, 5) is 13.7. The maximum atomic E-state index is 14.1. The summed E-state index contributed by atoms with van der Waals surface area (Å²) >= 11 is 0. The van der Waals surface area contributed by atoms with Gasteiger partial charge in [0.15, 0.2) is 0 Å². The number of amides is 1. The van der Waals surface area contributed by atoms with Gasteiger partial charge in [0.2, 0.25) is 5.91 Å². The second-order valence-electron chi connectivity index (χ2n) is 5.75. The number of allylic oxidation sites excluding steroid dienone is 1. The van der Waals surface area contributed by atoms with Crippen LogP contribution in [-0.2, 0) is 10.7 Å². The largest absolute Gasteiger partial charge is 0.336 e. The molecule has 0 N–H and O–H groups in total. The standard InChI is InChI=1S/C18H23F2NO/c1-2-14-21-16(10-6-12-17(21)22)11-7-13-18(19,20)15-8-4-3-5-9-15/h3-5,7-9,11,16H,2,6,10,12-14H2,1H3/b11-7+. The molecule has 4 heteroatoms. The number of likely N-dealkylation sites (tertiary alicyclic amines) is 1. The topological polar surface area (TPSA) is 20.3 Å². The van der Waals surface area contributed by atoms with Crippen molar-refractivity contribution in [3.05, 3.63) is 48.0 Å². The summed E-state index contributed by atoms with van der Waals surface area (Å²) < 4.78 is 28.2. The fourth-order valence-corrected chi connectivity index (χ4v) is 2.85. The summed E-state index contributed by atoms with van der Waals surface area (Å²) in [6.45, 7) is 2.72. The van der Waals surface area contributed by atoms with Crippen LogP contribution < -0.4 is 0 Å². The fourth-order valence-electron chi connectivity index (χ4n) is 2.85. The van der Waals surface area contributed by atoms with Crippen molar-refractivity contribution in [2.75, 3.05) is 6.54 Å². The molecule has 1 heterocycles. The molecule has 0 saturated carbocycles. The Labute approximate surface area is 130 Å². The highest BCUT2D eigenvalue weighted by Gasteiger charge is 2.30. The maximum Gasteiger partial charge on any atom is 0.276 e. The minimum absolute atomic E-state index is 0.0322. The molecular weight excluding hydrogens is 284 g/mol. The van der Waals surface area contributed by atoms with Crippen LogP contribution in [0.5, 0.6) is 0 Å². The Kier molecular flexibility index (Phi) is 5.69. The van der Waals surface area contributed by atoms with Gasteiger partial charge in [0.1, 0.15) is 0 Å². The van der Waals surface area contributed by atoms with E-state index in [-0.39, 0.29) is 23.9 Å². The number of hydrogen-bond acceptors (Lipinski definition) is 1. The molecule has 0 aromatic heterocycles. The molecule has 0 bridgehead atoms. The second kappa shape index (κ2) is 7.52. The Balaban J connectivity index is 2.00. The average Bonchev–Trinajstić information content (AvgIpc) is 2.51. The van der Waals surface area contributed by atoms with Gasteiger partial charge in [-0.3, -0.25) is 4.79 Å². The maximum absolute atomic E-state index is 14.1. The quantitative estimate of drug-likeness (QED) is 0.708. The third-order valence-corrected chi connectivity index (χ3v) is 4.00. The highest BCUT2D eigenvalue weighted by Crippen LogP contribution is 2.32. The molecule has 1 amide bonds. The van der Waals surface area contributed by atoms with Crippen molar-refractivity contribution in [1.29, 1.82) is 0 Å². The van der Waals surface area contributed by atoms with Crippen molar-refractivity contribution in [1.82, 2.24) is 4.90 Å². The van der Waals surface area contributed by atoms with Gasteiger partial charge in [-0.05, 0) is 19.3 Å². The first kappa shape index (κ1) is 16.7. The number of nitrogens with zero attached hydrogens (tertiary/aromatic N) is 1. The van der Waals surface area contributed by atoms with Gasteiger partial charge in [0.05, 0.1) is 0 Å². The van der Waals surface area contributed by atoms with Gasteiger partial charge in [-0.15, -0.1) is 0 Å². The summed E-state index contributed by atoms with van der Waals surface area (Å²) in [6.07, 6.45) is 6.13. The smallest absolute Gasteiger partial charge is 0.276 e. The average molecular weight is 307 g/mol. The first-order chi connectivity index (χ1) is 10.5. The third kappa shape index (κ3) is 4.15. The van der Waals surface area contributed by atoms with Crippen molar-refractivity contribution in [2.45, 2.75) is 51.0 Å². The van der Waals surface area contributed by atoms with Gasteiger partial charge in [0.25, 0.3) is 5.92 Å². The van der Waals surface area contributed by atoms with Crippen LogP contribution in [-0.4, -0.2) is 23.4 Å². The Hall–Kier alpha value is -1.71. The molecule has 1 unspecified atom stereocenters. The lowest BCUT2D eigenvalue weighted by Crippen LogP contribution is -2.42. The zero-order chi connectivity index (χ0) is 16.0. The van der Waals surface area contributed by atoms with Crippen LogP contribution in [0.1, 0.15) is 44.6 Å². The molecule has 1 aliphatic heterocycles. The summed E-state index contributed by atoms with van der Waals surface area (Å²) in [7, 11) is 0. The van der Waals surface area contributed by atoms with Gasteiger partial charge >= 0.3 is 0 Å². The van der Waals surface area contributed by atoms with Gasteiger partial charge in [-0.25, -0.2) is 8.78 Å². The number of piperidine rings is 1. The summed E-state index contributed by atoms with van der Waals surface area (Å²) in [5, 5.41) is 0. The Morgan fingerprint density at radius 1 is 1.32 bits per heavy atom. The molecule has 1 aliphatic rings.